The van der Waals surface area contributed by atoms with E-state index in [1.165, 1.54) is 4.90 Å². The summed E-state index contributed by atoms with van der Waals surface area (Å²) >= 11 is 8.55. The summed E-state index contributed by atoms with van der Waals surface area (Å²) in [6.45, 7) is 0. The number of fused-ring (bicyclic) bond motifs is 1. The van der Waals surface area contributed by atoms with Crippen molar-refractivity contribution in [2.75, 3.05) is 0 Å². The first-order valence-corrected chi connectivity index (χ1v) is 7.96. The predicted molar refractivity (Wildman–Crippen MR) is 85.5 cm³/mol. The van der Waals surface area contributed by atoms with Gasteiger partial charge in [-0.15, -0.1) is 0 Å². The van der Waals surface area contributed by atoms with Gasteiger partial charge in [0.05, 0.1) is 5.52 Å². The van der Waals surface area contributed by atoms with Crippen LogP contribution < -0.4 is 0 Å². The largest absolute Gasteiger partial charge is 0.254 e. The van der Waals surface area contributed by atoms with Crippen LogP contribution >= 0.6 is 43.6 Å². The van der Waals surface area contributed by atoms with Gasteiger partial charge in [-0.25, -0.2) is 0 Å². The topological polar surface area (TPSA) is 25.8 Å². The normalized spacial score (nSPS) is 10.8. The van der Waals surface area contributed by atoms with Crippen LogP contribution in [0.5, 0.6) is 0 Å². The standard InChI is InChI=1S/C14H8Br2N2S/c15-9-1-3-11(4-2-9)19-13-5-6-17-12-7-10(16)8-18-14(12)13/h1-8H. The summed E-state index contributed by atoms with van der Waals surface area (Å²) in [4.78, 5) is 11.1. The highest BCUT2D eigenvalue weighted by Gasteiger charge is 2.06. The van der Waals surface area contributed by atoms with Crippen molar-refractivity contribution < 1.29 is 0 Å². The molecule has 0 saturated heterocycles. The molecule has 2 heterocycles. The van der Waals surface area contributed by atoms with Crippen LogP contribution in [-0.2, 0) is 0 Å². The maximum Gasteiger partial charge on any atom is 0.103 e. The molecule has 0 radical (unpaired) electrons. The van der Waals surface area contributed by atoms with E-state index in [1.54, 1.807) is 18.0 Å². The van der Waals surface area contributed by atoms with Crippen molar-refractivity contribution in [3.05, 3.63) is 57.7 Å². The number of hydrogen-bond donors (Lipinski definition) is 0. The number of halogens is 2. The van der Waals surface area contributed by atoms with Gasteiger partial charge in [-0.05, 0) is 52.3 Å². The summed E-state index contributed by atoms with van der Waals surface area (Å²) < 4.78 is 2.02. The van der Waals surface area contributed by atoms with Gasteiger partial charge in [0.25, 0.3) is 0 Å². The Morgan fingerprint density at radius 3 is 2.47 bits per heavy atom. The van der Waals surface area contributed by atoms with Gasteiger partial charge in [-0.2, -0.15) is 0 Å². The molecule has 1 aromatic carbocycles. The van der Waals surface area contributed by atoms with E-state index in [1.807, 2.05) is 30.5 Å². The fraction of sp³-hybridized carbons (Fsp3) is 0. The number of benzene rings is 1. The third-order valence-corrected chi connectivity index (χ3v) is 4.57. The molecule has 0 saturated carbocycles. The van der Waals surface area contributed by atoms with Crippen LogP contribution in [0.15, 0.2) is 67.5 Å². The zero-order valence-corrected chi connectivity index (χ0v) is 13.7. The summed E-state index contributed by atoms with van der Waals surface area (Å²) in [5.74, 6) is 0. The van der Waals surface area contributed by atoms with Gasteiger partial charge in [0, 0.05) is 31.1 Å². The maximum atomic E-state index is 4.45. The van der Waals surface area contributed by atoms with Crippen molar-refractivity contribution in [3.63, 3.8) is 0 Å². The first-order valence-electron chi connectivity index (χ1n) is 5.56. The van der Waals surface area contributed by atoms with Crippen LogP contribution in [0.25, 0.3) is 11.0 Å². The molecule has 0 aliphatic carbocycles. The minimum absolute atomic E-state index is 0.900. The van der Waals surface area contributed by atoms with E-state index in [2.05, 4.69) is 54.0 Å². The fourth-order valence-electron chi connectivity index (χ4n) is 1.69. The number of hydrogen-bond acceptors (Lipinski definition) is 3. The monoisotopic (exact) mass is 394 g/mol. The SMILES string of the molecule is Brc1ccc(Sc2ccnc3cc(Br)cnc23)cc1. The minimum Gasteiger partial charge on any atom is -0.254 e. The molecule has 19 heavy (non-hydrogen) atoms. The lowest BCUT2D eigenvalue weighted by Crippen LogP contribution is -1.86. The van der Waals surface area contributed by atoms with Crippen LogP contribution in [0.2, 0.25) is 0 Å². The molecule has 0 aliphatic heterocycles. The first-order chi connectivity index (χ1) is 9.22. The summed E-state index contributed by atoms with van der Waals surface area (Å²) in [7, 11) is 0. The van der Waals surface area contributed by atoms with Crippen molar-refractivity contribution in [3.8, 4) is 0 Å². The van der Waals surface area contributed by atoms with Crippen LogP contribution in [0, 0.1) is 0 Å². The molecule has 2 aromatic heterocycles. The highest BCUT2D eigenvalue weighted by Crippen LogP contribution is 2.32. The van der Waals surface area contributed by atoms with Gasteiger partial charge in [0.15, 0.2) is 0 Å². The van der Waals surface area contributed by atoms with Crippen LogP contribution in [-0.4, -0.2) is 9.97 Å². The van der Waals surface area contributed by atoms with E-state index < -0.39 is 0 Å². The summed E-state index contributed by atoms with van der Waals surface area (Å²) in [5.41, 5.74) is 1.83. The fourth-order valence-corrected chi connectivity index (χ4v) is 3.19. The Balaban J connectivity index is 2.03. The predicted octanol–water partition coefficient (Wildman–Crippen LogP) is 5.31. The molecule has 2 nitrogen and oxygen atoms in total. The van der Waals surface area contributed by atoms with Crippen molar-refractivity contribution in [2.45, 2.75) is 9.79 Å². The second-order valence-electron chi connectivity index (χ2n) is 3.89. The second kappa shape index (κ2) is 5.61. The second-order valence-corrected chi connectivity index (χ2v) is 6.83. The molecule has 0 bridgehead atoms. The Morgan fingerprint density at radius 1 is 0.895 bits per heavy atom. The summed E-state index contributed by atoms with van der Waals surface area (Å²) in [6.07, 6.45) is 3.62. The number of pyridine rings is 2. The van der Waals surface area contributed by atoms with Crippen molar-refractivity contribution in [2.24, 2.45) is 0 Å². The molecule has 0 atom stereocenters. The molecule has 0 N–H and O–H groups in total. The van der Waals surface area contributed by atoms with E-state index in [4.69, 9.17) is 0 Å². The minimum atomic E-state index is 0.900. The lowest BCUT2D eigenvalue weighted by atomic mass is 10.3. The number of aromatic nitrogens is 2. The number of rotatable bonds is 2. The Kier molecular flexibility index (Phi) is 3.86. The van der Waals surface area contributed by atoms with E-state index >= 15 is 0 Å². The molecule has 94 valence electrons. The van der Waals surface area contributed by atoms with Gasteiger partial charge >= 0.3 is 0 Å². The molecule has 5 heteroatoms. The molecule has 3 rings (SSSR count). The van der Waals surface area contributed by atoms with E-state index in [-0.39, 0.29) is 0 Å². The Bertz CT molecular complexity index is 729. The van der Waals surface area contributed by atoms with Crippen LogP contribution in [0.3, 0.4) is 0 Å². The Hall–Kier alpha value is -0.910. The average Bonchev–Trinajstić information content (AvgIpc) is 2.41. The molecular weight excluding hydrogens is 388 g/mol. The average molecular weight is 396 g/mol. The highest BCUT2D eigenvalue weighted by molar-refractivity contribution is 9.10. The van der Waals surface area contributed by atoms with Gasteiger partial charge in [-0.1, -0.05) is 27.7 Å². The van der Waals surface area contributed by atoms with Crippen molar-refractivity contribution >= 4 is 54.7 Å². The maximum absolute atomic E-state index is 4.45. The van der Waals surface area contributed by atoms with Crippen molar-refractivity contribution in [1.82, 2.24) is 9.97 Å². The van der Waals surface area contributed by atoms with Crippen LogP contribution in [0.1, 0.15) is 0 Å². The Morgan fingerprint density at radius 2 is 1.68 bits per heavy atom. The Labute approximate surface area is 131 Å². The zero-order valence-electron chi connectivity index (χ0n) is 9.68. The zero-order chi connectivity index (χ0) is 13.2. The van der Waals surface area contributed by atoms with Gasteiger partial charge in [0.1, 0.15) is 5.52 Å². The van der Waals surface area contributed by atoms with Crippen molar-refractivity contribution in [1.29, 1.82) is 0 Å². The third kappa shape index (κ3) is 2.99. The van der Waals surface area contributed by atoms with E-state index in [9.17, 15) is 0 Å². The summed E-state index contributed by atoms with van der Waals surface area (Å²) in [5, 5.41) is 0. The lowest BCUT2D eigenvalue weighted by Gasteiger charge is -2.05. The van der Waals surface area contributed by atoms with Gasteiger partial charge in [0.2, 0.25) is 0 Å². The molecular formula is C14H8Br2N2S. The molecule has 0 spiro atoms. The molecule has 0 amide bonds. The molecule has 0 unspecified atom stereocenters. The van der Waals surface area contributed by atoms with E-state index in [0.717, 1.165) is 24.9 Å². The molecule has 3 aromatic rings. The molecule has 0 aliphatic rings. The quantitative estimate of drug-likeness (QED) is 0.588. The third-order valence-electron chi connectivity index (χ3n) is 2.55. The van der Waals surface area contributed by atoms with Gasteiger partial charge < -0.3 is 0 Å². The summed E-state index contributed by atoms with van der Waals surface area (Å²) in [6, 6.07) is 12.2. The first kappa shape index (κ1) is 13.1. The lowest BCUT2D eigenvalue weighted by molar-refractivity contribution is 1.26. The highest BCUT2D eigenvalue weighted by atomic mass is 79.9. The smallest absolute Gasteiger partial charge is 0.103 e. The number of nitrogens with zero attached hydrogens (tertiary/aromatic N) is 2. The van der Waals surface area contributed by atoms with Crippen LogP contribution in [0.4, 0.5) is 0 Å². The van der Waals surface area contributed by atoms with Gasteiger partial charge in [-0.3, -0.25) is 9.97 Å². The molecule has 0 fully saturated rings. The van der Waals surface area contributed by atoms with E-state index in [0.29, 0.717) is 0 Å².